The highest BCUT2D eigenvalue weighted by atomic mass is 32.2. The predicted octanol–water partition coefficient (Wildman–Crippen LogP) is 3.96. The number of nitrogens with one attached hydrogen (secondary N) is 2. The lowest BCUT2D eigenvalue weighted by Gasteiger charge is -2.25. The molecule has 9 heteroatoms. The largest absolute Gasteiger partial charge is 0.385 e. The second kappa shape index (κ2) is 11.6. The Balaban J connectivity index is 0.000000205. The van der Waals surface area contributed by atoms with Gasteiger partial charge in [-0.15, -0.1) is 0 Å². The number of aromatic amines is 1. The highest BCUT2D eigenvalue weighted by Gasteiger charge is 2.16. The standard InChI is InChI=1S/C12H15N3O4S.C12H19N/c16-20(17,18)9-1-2-10-11(7-9)13-14-12(10)8-15-3-5-19-6-4-15;1-4-11-5-7-12(8-6-11)13-9-10(2)3/h1-2,7H,3-6,8H2,(H,13,14)(H,16,17,18);5-8,10,13H,4,9H2,1-3H3. The van der Waals surface area contributed by atoms with Gasteiger partial charge in [-0.3, -0.25) is 14.6 Å². The van der Waals surface area contributed by atoms with E-state index in [4.69, 9.17) is 9.29 Å². The molecule has 0 unspecified atom stereocenters. The number of fused-ring (bicyclic) bond motifs is 1. The first-order chi connectivity index (χ1) is 15.8. The number of nitrogens with zero attached hydrogens (tertiary/aromatic N) is 2. The van der Waals surface area contributed by atoms with Crippen molar-refractivity contribution in [1.82, 2.24) is 15.1 Å². The Kier molecular flexibility index (Phi) is 8.85. The molecule has 0 bridgehead atoms. The van der Waals surface area contributed by atoms with E-state index in [-0.39, 0.29) is 4.90 Å². The fourth-order valence-electron chi connectivity index (χ4n) is 3.49. The van der Waals surface area contributed by atoms with Crippen molar-refractivity contribution in [1.29, 1.82) is 0 Å². The summed E-state index contributed by atoms with van der Waals surface area (Å²) in [6.45, 7) is 11.5. The van der Waals surface area contributed by atoms with Gasteiger partial charge in [0.15, 0.2) is 0 Å². The molecule has 8 nitrogen and oxygen atoms in total. The number of hydrogen-bond donors (Lipinski definition) is 3. The minimum absolute atomic E-state index is 0.144. The van der Waals surface area contributed by atoms with Crippen LogP contribution in [0.2, 0.25) is 0 Å². The third kappa shape index (κ3) is 7.53. The van der Waals surface area contributed by atoms with Crippen molar-refractivity contribution in [3.63, 3.8) is 0 Å². The van der Waals surface area contributed by atoms with E-state index < -0.39 is 10.1 Å². The summed E-state index contributed by atoms with van der Waals surface area (Å²) in [5.74, 6) is 0.700. The highest BCUT2D eigenvalue weighted by Crippen LogP contribution is 2.21. The first kappa shape index (κ1) is 25.2. The third-order valence-corrected chi connectivity index (χ3v) is 6.32. The molecule has 1 saturated heterocycles. The number of anilines is 1. The maximum atomic E-state index is 11.1. The van der Waals surface area contributed by atoms with Gasteiger partial charge in [0.2, 0.25) is 0 Å². The van der Waals surface area contributed by atoms with Crippen LogP contribution < -0.4 is 5.32 Å². The van der Waals surface area contributed by atoms with Gasteiger partial charge in [-0.25, -0.2) is 0 Å². The lowest BCUT2D eigenvalue weighted by atomic mass is 10.1. The van der Waals surface area contributed by atoms with Crippen LogP contribution >= 0.6 is 0 Å². The van der Waals surface area contributed by atoms with E-state index in [2.05, 4.69) is 65.5 Å². The molecule has 1 aliphatic heterocycles. The lowest BCUT2D eigenvalue weighted by molar-refractivity contribution is 0.0338. The van der Waals surface area contributed by atoms with E-state index in [1.165, 1.54) is 23.4 Å². The minimum atomic E-state index is -4.19. The Bertz CT molecular complexity index is 1120. The molecule has 3 N–H and O–H groups in total. The predicted molar refractivity (Wildman–Crippen MR) is 131 cm³/mol. The van der Waals surface area contributed by atoms with E-state index in [1.54, 1.807) is 6.07 Å². The number of aromatic nitrogens is 2. The second-order valence-electron chi connectivity index (χ2n) is 8.57. The molecule has 4 rings (SSSR count). The molecule has 0 amide bonds. The van der Waals surface area contributed by atoms with E-state index >= 15 is 0 Å². The highest BCUT2D eigenvalue weighted by molar-refractivity contribution is 7.85. The molecule has 0 spiro atoms. The molecule has 0 aliphatic carbocycles. The fraction of sp³-hybridized carbons (Fsp3) is 0.458. The van der Waals surface area contributed by atoms with E-state index in [0.29, 0.717) is 18.0 Å². The first-order valence-electron chi connectivity index (χ1n) is 11.3. The molecule has 33 heavy (non-hydrogen) atoms. The summed E-state index contributed by atoms with van der Waals surface area (Å²) in [6, 6.07) is 13.1. The number of morpholine rings is 1. The summed E-state index contributed by atoms with van der Waals surface area (Å²) in [6.07, 6.45) is 1.12. The van der Waals surface area contributed by atoms with E-state index in [0.717, 1.165) is 50.3 Å². The third-order valence-electron chi connectivity index (χ3n) is 5.47. The fourth-order valence-corrected chi connectivity index (χ4v) is 3.99. The first-order valence-corrected chi connectivity index (χ1v) is 12.8. The van der Waals surface area contributed by atoms with Crippen molar-refractivity contribution < 1.29 is 17.7 Å². The van der Waals surface area contributed by atoms with Crippen LogP contribution in [0.1, 0.15) is 32.0 Å². The summed E-state index contributed by atoms with van der Waals surface area (Å²) in [5, 5.41) is 11.3. The average molecular weight is 475 g/mol. The molecule has 1 fully saturated rings. The molecule has 2 aromatic carbocycles. The van der Waals surface area contributed by atoms with Crippen molar-refractivity contribution >= 4 is 26.7 Å². The van der Waals surface area contributed by atoms with Gasteiger partial charge in [0.25, 0.3) is 10.1 Å². The molecule has 180 valence electrons. The lowest BCUT2D eigenvalue weighted by Crippen LogP contribution is -2.35. The summed E-state index contributed by atoms with van der Waals surface area (Å²) in [7, 11) is -4.19. The Labute approximate surface area is 196 Å². The number of H-pyrrole nitrogens is 1. The summed E-state index contributed by atoms with van der Waals surface area (Å²) >= 11 is 0. The Morgan fingerprint density at radius 2 is 1.85 bits per heavy atom. The molecule has 3 aromatic rings. The molecule has 1 aliphatic rings. The number of benzene rings is 2. The van der Waals surface area contributed by atoms with Gasteiger partial charge in [0.1, 0.15) is 0 Å². The Hall–Kier alpha value is -2.46. The van der Waals surface area contributed by atoms with Crippen LogP contribution in [0.15, 0.2) is 47.4 Å². The Morgan fingerprint density at radius 1 is 1.15 bits per heavy atom. The molecule has 0 atom stereocenters. The SMILES string of the molecule is CCc1ccc(NCC(C)C)cc1.O=S(=O)(O)c1ccc2c(CN3CCOCC3)[nH]nc2c1. The molecular weight excluding hydrogens is 440 g/mol. The zero-order valence-electron chi connectivity index (χ0n) is 19.5. The van der Waals surface area contributed by atoms with Gasteiger partial charge in [-0.05, 0) is 48.2 Å². The monoisotopic (exact) mass is 474 g/mol. The maximum absolute atomic E-state index is 11.1. The van der Waals surface area contributed by atoms with Gasteiger partial charge < -0.3 is 10.1 Å². The van der Waals surface area contributed by atoms with Crippen LogP contribution in [0, 0.1) is 5.92 Å². The topological polar surface area (TPSA) is 108 Å². The van der Waals surface area contributed by atoms with Crippen LogP contribution in [-0.4, -0.2) is 60.9 Å². The maximum Gasteiger partial charge on any atom is 0.294 e. The zero-order valence-corrected chi connectivity index (χ0v) is 20.4. The summed E-state index contributed by atoms with van der Waals surface area (Å²) in [4.78, 5) is 2.10. The second-order valence-corrected chi connectivity index (χ2v) is 9.99. The van der Waals surface area contributed by atoms with Crippen LogP contribution in [-0.2, 0) is 27.8 Å². The van der Waals surface area contributed by atoms with Gasteiger partial charge in [0.05, 0.1) is 29.3 Å². The number of hydrogen-bond acceptors (Lipinski definition) is 6. The van der Waals surface area contributed by atoms with E-state index in [1.807, 2.05) is 0 Å². The van der Waals surface area contributed by atoms with Crippen molar-refractivity contribution in [2.75, 3.05) is 38.2 Å². The smallest absolute Gasteiger partial charge is 0.294 e. The Morgan fingerprint density at radius 3 is 2.45 bits per heavy atom. The van der Waals surface area contributed by atoms with Crippen molar-refractivity contribution in [3.05, 3.63) is 53.7 Å². The van der Waals surface area contributed by atoms with Gasteiger partial charge in [-0.2, -0.15) is 13.5 Å². The van der Waals surface area contributed by atoms with Crippen molar-refractivity contribution in [2.45, 2.75) is 38.6 Å². The molecule has 2 heterocycles. The number of rotatable bonds is 7. The summed E-state index contributed by atoms with van der Waals surface area (Å²) in [5.41, 5.74) is 4.09. The number of aryl methyl sites for hydroxylation is 1. The van der Waals surface area contributed by atoms with Gasteiger partial charge in [-0.1, -0.05) is 32.9 Å². The quantitative estimate of drug-likeness (QED) is 0.445. The average Bonchev–Trinajstić information content (AvgIpc) is 3.20. The molecule has 0 radical (unpaired) electrons. The summed E-state index contributed by atoms with van der Waals surface area (Å²) < 4.78 is 36.5. The van der Waals surface area contributed by atoms with Crippen molar-refractivity contribution in [3.8, 4) is 0 Å². The van der Waals surface area contributed by atoms with Crippen LogP contribution in [0.3, 0.4) is 0 Å². The van der Waals surface area contributed by atoms with Crippen LogP contribution in [0.4, 0.5) is 5.69 Å². The molecular formula is C24H34N4O4S. The van der Waals surface area contributed by atoms with Crippen LogP contribution in [0.25, 0.3) is 10.9 Å². The zero-order chi connectivity index (χ0) is 23.8. The van der Waals surface area contributed by atoms with Gasteiger partial charge >= 0.3 is 0 Å². The van der Waals surface area contributed by atoms with Crippen molar-refractivity contribution in [2.24, 2.45) is 5.92 Å². The normalized spacial score (nSPS) is 14.8. The van der Waals surface area contributed by atoms with E-state index in [9.17, 15) is 8.42 Å². The van der Waals surface area contributed by atoms with Gasteiger partial charge in [0, 0.05) is 37.3 Å². The molecule has 1 aromatic heterocycles. The minimum Gasteiger partial charge on any atom is -0.385 e. The van der Waals surface area contributed by atoms with Crippen LogP contribution in [0.5, 0.6) is 0 Å². The molecule has 0 saturated carbocycles. The number of ether oxygens (including phenoxy) is 1.